The third kappa shape index (κ3) is 2.51. The van der Waals surface area contributed by atoms with Gasteiger partial charge >= 0.3 is 0 Å². The number of isocyanates is 1. The van der Waals surface area contributed by atoms with Gasteiger partial charge in [-0.2, -0.15) is 4.99 Å². The molecule has 1 fully saturated rings. The molecule has 1 aliphatic carbocycles. The highest BCUT2D eigenvalue weighted by Gasteiger charge is 2.16. The van der Waals surface area contributed by atoms with Crippen LogP contribution in [0.2, 0.25) is 0 Å². The Bertz CT molecular complexity index is 360. The van der Waals surface area contributed by atoms with Gasteiger partial charge < -0.3 is 0 Å². The van der Waals surface area contributed by atoms with Crippen LogP contribution in [0.25, 0.3) is 0 Å². The fourth-order valence-corrected chi connectivity index (χ4v) is 2.16. The molecule has 2 rings (SSSR count). The van der Waals surface area contributed by atoms with E-state index in [2.05, 4.69) is 9.98 Å². The highest BCUT2D eigenvalue weighted by molar-refractivity contribution is 5.47. The lowest BCUT2D eigenvalue weighted by molar-refractivity contribution is 0.437. The summed E-state index contributed by atoms with van der Waals surface area (Å²) in [6, 6.07) is 3.81. The van der Waals surface area contributed by atoms with Crippen LogP contribution >= 0.6 is 0 Å². The van der Waals surface area contributed by atoms with Crippen LogP contribution in [0.4, 0.5) is 5.69 Å². The van der Waals surface area contributed by atoms with E-state index >= 15 is 0 Å². The molecule has 0 aliphatic heterocycles. The summed E-state index contributed by atoms with van der Waals surface area (Å²) in [4.78, 5) is 17.9. The quantitative estimate of drug-likeness (QED) is 0.546. The predicted octanol–water partition coefficient (Wildman–Crippen LogP) is 3.10. The molecule has 0 bridgehead atoms. The number of hydrogen-bond acceptors (Lipinski definition) is 3. The molecule has 0 N–H and O–H groups in total. The first-order chi connectivity index (χ1) is 7.40. The molecule has 78 valence electrons. The zero-order valence-corrected chi connectivity index (χ0v) is 8.65. The maximum atomic E-state index is 10.0. The molecule has 1 aromatic rings. The molecular formula is C12H14N2O. The van der Waals surface area contributed by atoms with Crippen LogP contribution in [0.5, 0.6) is 0 Å². The van der Waals surface area contributed by atoms with E-state index in [0.29, 0.717) is 11.6 Å². The van der Waals surface area contributed by atoms with Crippen LogP contribution in [0.3, 0.4) is 0 Å². The fraction of sp³-hybridized carbons (Fsp3) is 0.500. The summed E-state index contributed by atoms with van der Waals surface area (Å²) < 4.78 is 0. The van der Waals surface area contributed by atoms with Gasteiger partial charge in [-0.25, -0.2) is 4.79 Å². The van der Waals surface area contributed by atoms with E-state index in [0.717, 1.165) is 5.69 Å². The van der Waals surface area contributed by atoms with Gasteiger partial charge in [-0.15, -0.1) is 0 Å². The SMILES string of the molecule is O=C=Nc1ccc(C2CCCCC2)nc1. The molecule has 1 aliphatic rings. The van der Waals surface area contributed by atoms with Gasteiger partial charge in [0.1, 0.15) is 0 Å². The Kier molecular flexibility index (Phi) is 3.25. The second-order valence-electron chi connectivity index (χ2n) is 3.98. The third-order valence-corrected chi connectivity index (χ3v) is 2.97. The molecule has 0 saturated heterocycles. The maximum Gasteiger partial charge on any atom is 0.240 e. The Morgan fingerprint density at radius 1 is 1.27 bits per heavy atom. The van der Waals surface area contributed by atoms with Gasteiger partial charge in [0.15, 0.2) is 0 Å². The lowest BCUT2D eigenvalue weighted by Gasteiger charge is -2.20. The van der Waals surface area contributed by atoms with E-state index in [1.54, 1.807) is 6.20 Å². The standard InChI is InChI=1S/C12H14N2O/c15-9-14-11-6-7-12(13-8-11)10-4-2-1-3-5-10/h6-8,10H,1-5H2. The molecule has 1 heterocycles. The van der Waals surface area contributed by atoms with Crippen molar-refractivity contribution < 1.29 is 4.79 Å². The topological polar surface area (TPSA) is 42.3 Å². The summed E-state index contributed by atoms with van der Waals surface area (Å²) >= 11 is 0. The van der Waals surface area contributed by atoms with Crippen molar-refractivity contribution >= 4 is 11.8 Å². The van der Waals surface area contributed by atoms with Crippen LogP contribution in [-0.4, -0.2) is 11.1 Å². The highest BCUT2D eigenvalue weighted by atomic mass is 16.1. The minimum Gasteiger partial charge on any atom is -0.259 e. The van der Waals surface area contributed by atoms with Crippen molar-refractivity contribution in [1.82, 2.24) is 4.98 Å². The number of pyridine rings is 1. The average Bonchev–Trinajstić information content (AvgIpc) is 2.32. The van der Waals surface area contributed by atoms with Gasteiger partial charge in [0.05, 0.1) is 11.9 Å². The predicted molar refractivity (Wildman–Crippen MR) is 57.8 cm³/mol. The molecule has 0 atom stereocenters. The average molecular weight is 202 g/mol. The van der Waals surface area contributed by atoms with Gasteiger partial charge in [-0.3, -0.25) is 4.98 Å². The number of carbonyl (C=O) groups excluding carboxylic acids is 1. The first-order valence-corrected chi connectivity index (χ1v) is 5.44. The lowest BCUT2D eigenvalue weighted by Crippen LogP contribution is -2.05. The Morgan fingerprint density at radius 2 is 2.07 bits per heavy atom. The monoisotopic (exact) mass is 202 g/mol. The van der Waals surface area contributed by atoms with Crippen molar-refractivity contribution in [2.45, 2.75) is 38.0 Å². The molecule has 3 heteroatoms. The van der Waals surface area contributed by atoms with Crippen molar-refractivity contribution in [3.63, 3.8) is 0 Å². The molecule has 3 nitrogen and oxygen atoms in total. The van der Waals surface area contributed by atoms with Crippen molar-refractivity contribution in [3.8, 4) is 0 Å². The molecular weight excluding hydrogens is 188 g/mol. The summed E-state index contributed by atoms with van der Waals surface area (Å²) in [5.41, 5.74) is 1.73. The number of aromatic nitrogens is 1. The smallest absolute Gasteiger partial charge is 0.240 e. The Hall–Kier alpha value is -1.47. The van der Waals surface area contributed by atoms with Crippen LogP contribution in [-0.2, 0) is 4.79 Å². The third-order valence-electron chi connectivity index (χ3n) is 2.97. The van der Waals surface area contributed by atoms with E-state index in [4.69, 9.17) is 0 Å². The van der Waals surface area contributed by atoms with E-state index in [1.807, 2.05) is 12.1 Å². The van der Waals surface area contributed by atoms with Crippen LogP contribution in [0, 0.1) is 0 Å². The molecule has 0 spiro atoms. The van der Waals surface area contributed by atoms with Crippen molar-refractivity contribution in [2.75, 3.05) is 0 Å². The van der Waals surface area contributed by atoms with Crippen LogP contribution in [0.15, 0.2) is 23.3 Å². The lowest BCUT2D eigenvalue weighted by atomic mass is 9.87. The van der Waals surface area contributed by atoms with Gasteiger partial charge in [0, 0.05) is 11.6 Å². The Morgan fingerprint density at radius 3 is 2.67 bits per heavy atom. The Labute approximate surface area is 89.3 Å². The zero-order valence-electron chi connectivity index (χ0n) is 8.65. The Balaban J connectivity index is 2.11. The van der Waals surface area contributed by atoms with Crippen LogP contribution < -0.4 is 0 Å². The van der Waals surface area contributed by atoms with Crippen molar-refractivity contribution in [3.05, 3.63) is 24.0 Å². The largest absolute Gasteiger partial charge is 0.259 e. The molecule has 0 amide bonds. The number of hydrogen-bond donors (Lipinski definition) is 0. The van der Waals surface area contributed by atoms with Crippen molar-refractivity contribution in [1.29, 1.82) is 0 Å². The second-order valence-corrected chi connectivity index (χ2v) is 3.98. The number of nitrogens with zero attached hydrogens (tertiary/aromatic N) is 2. The molecule has 0 aromatic carbocycles. The molecule has 0 radical (unpaired) electrons. The summed E-state index contributed by atoms with van der Waals surface area (Å²) in [6.07, 6.45) is 9.61. The van der Waals surface area contributed by atoms with Crippen LogP contribution in [0.1, 0.15) is 43.7 Å². The number of aliphatic imine (C=N–C) groups is 1. The van der Waals surface area contributed by atoms with Crippen molar-refractivity contribution in [2.24, 2.45) is 4.99 Å². The van der Waals surface area contributed by atoms with Gasteiger partial charge in [0.2, 0.25) is 6.08 Å². The fourth-order valence-electron chi connectivity index (χ4n) is 2.16. The van der Waals surface area contributed by atoms with E-state index in [-0.39, 0.29) is 0 Å². The summed E-state index contributed by atoms with van der Waals surface area (Å²) in [5, 5.41) is 0. The maximum absolute atomic E-state index is 10.0. The summed E-state index contributed by atoms with van der Waals surface area (Å²) in [6.45, 7) is 0. The summed E-state index contributed by atoms with van der Waals surface area (Å²) in [5.74, 6) is 0.605. The van der Waals surface area contributed by atoms with E-state index in [1.165, 1.54) is 38.2 Å². The minimum absolute atomic E-state index is 0.588. The zero-order chi connectivity index (χ0) is 10.5. The second kappa shape index (κ2) is 4.85. The number of rotatable bonds is 2. The van der Waals surface area contributed by atoms with Gasteiger partial charge in [-0.05, 0) is 25.0 Å². The summed E-state index contributed by atoms with van der Waals surface area (Å²) in [7, 11) is 0. The highest BCUT2D eigenvalue weighted by Crippen LogP contribution is 2.31. The first kappa shape index (κ1) is 10.1. The van der Waals surface area contributed by atoms with E-state index < -0.39 is 0 Å². The molecule has 1 saturated carbocycles. The first-order valence-electron chi connectivity index (χ1n) is 5.44. The minimum atomic E-state index is 0.588. The molecule has 0 unspecified atom stereocenters. The molecule has 15 heavy (non-hydrogen) atoms. The van der Waals surface area contributed by atoms with Gasteiger partial charge in [-0.1, -0.05) is 19.3 Å². The normalized spacial score (nSPS) is 17.1. The molecule has 1 aromatic heterocycles. The van der Waals surface area contributed by atoms with E-state index in [9.17, 15) is 4.79 Å². The van der Waals surface area contributed by atoms with Gasteiger partial charge in [0.25, 0.3) is 0 Å².